The molecule has 1 atom stereocenters. The third-order valence-electron chi connectivity index (χ3n) is 7.43. The second kappa shape index (κ2) is 12.5. The summed E-state index contributed by atoms with van der Waals surface area (Å²) in [5, 5.41) is 6.09. The van der Waals surface area contributed by atoms with Gasteiger partial charge in [-0.05, 0) is 59.5 Å². The Balaban J connectivity index is 1.60. The first-order chi connectivity index (χ1) is 20.8. The zero-order chi connectivity index (χ0) is 31.9. The fourth-order valence-electron chi connectivity index (χ4n) is 5.32. The molecule has 3 amide bonds. The van der Waals surface area contributed by atoms with Crippen LogP contribution in [0.5, 0.6) is 5.75 Å². The van der Waals surface area contributed by atoms with Crippen LogP contribution in [0.3, 0.4) is 0 Å². The Kier molecular flexibility index (Phi) is 9.05. The molecule has 0 radical (unpaired) electrons. The number of nitriles is 1. The second-order valence-electron chi connectivity index (χ2n) is 10.1. The van der Waals surface area contributed by atoms with Gasteiger partial charge in [0.2, 0.25) is 0 Å². The molecule has 15 heteroatoms. The van der Waals surface area contributed by atoms with E-state index in [1.165, 1.54) is 24.1 Å². The summed E-state index contributed by atoms with van der Waals surface area (Å²) in [7, 11) is 3.16. The Hall–Kier alpha value is -3.50. The van der Waals surface area contributed by atoms with E-state index in [2.05, 4.69) is 6.07 Å². The molecule has 0 saturated carbocycles. The van der Waals surface area contributed by atoms with Crippen LogP contribution in [0.4, 0.5) is 19.3 Å². The molecule has 1 N–H and O–H groups in total. The van der Waals surface area contributed by atoms with Gasteiger partial charge in [0.05, 0.1) is 41.4 Å². The standard InChI is InChI=1S/C29H24Cl3F2N5O4S/c1-37-9-4-10-38(28(37)42)20-11-15-14-39(19(7-8-35)16(15)12-21(20)43-2)27(41)24-22(13-23(29(32,33)34)36-26(24)40)44-25-17(30)5-3-6-18(25)31/h3,5-6,11-13,19H,4,7,9-10,14H2,1-2H3,(H,36,40)/t19-/m1/s1. The third-order valence-corrected chi connectivity index (χ3v) is 9.68. The van der Waals surface area contributed by atoms with Crippen LogP contribution in [-0.2, 0) is 11.9 Å². The number of aromatic amines is 1. The number of rotatable bonds is 7. The van der Waals surface area contributed by atoms with Gasteiger partial charge in [0.25, 0.3) is 11.5 Å². The molecule has 1 saturated heterocycles. The van der Waals surface area contributed by atoms with Gasteiger partial charge in [-0.15, -0.1) is 0 Å². The highest BCUT2D eigenvalue weighted by Gasteiger charge is 2.39. The number of methoxy groups -OCH3 is 1. The molecule has 2 aliphatic rings. The van der Waals surface area contributed by atoms with E-state index in [1.54, 1.807) is 35.0 Å². The molecule has 3 aromatic rings. The maximum Gasteiger partial charge on any atom is 0.362 e. The van der Waals surface area contributed by atoms with E-state index in [9.17, 15) is 28.4 Å². The SMILES string of the molecule is COc1cc2c(cc1N1CCCN(C)C1=O)CN(C(=O)c1c(Sc3c(Cl)cccc3Cl)cc(C(F)(F)Cl)[nH]c1=O)[C@@H]2CC#N. The van der Waals surface area contributed by atoms with Crippen molar-refractivity contribution in [1.29, 1.82) is 5.26 Å². The number of alkyl halides is 3. The Bertz CT molecular complexity index is 1740. The topological polar surface area (TPSA) is 110 Å². The maximum atomic E-state index is 14.2. The summed E-state index contributed by atoms with van der Waals surface area (Å²) >= 11 is 18.6. The van der Waals surface area contributed by atoms with Crippen LogP contribution in [0.2, 0.25) is 10.0 Å². The Morgan fingerprint density at radius 3 is 2.55 bits per heavy atom. The maximum absolute atomic E-state index is 14.2. The van der Waals surface area contributed by atoms with Crippen molar-refractivity contribution in [2.75, 3.05) is 32.1 Å². The molecule has 0 aliphatic carbocycles. The van der Waals surface area contributed by atoms with Crippen molar-refractivity contribution in [3.8, 4) is 11.8 Å². The second-order valence-corrected chi connectivity index (χ2v) is 12.5. The molecule has 2 aromatic carbocycles. The van der Waals surface area contributed by atoms with Crippen molar-refractivity contribution >= 4 is 64.2 Å². The zero-order valence-corrected chi connectivity index (χ0v) is 26.4. The number of halogens is 5. The fraction of sp³-hybridized carbons (Fsp3) is 0.310. The van der Waals surface area contributed by atoms with Crippen LogP contribution < -0.4 is 15.2 Å². The average Bonchev–Trinajstić information content (AvgIpc) is 3.32. The van der Waals surface area contributed by atoms with Crippen LogP contribution in [0, 0.1) is 11.3 Å². The minimum Gasteiger partial charge on any atom is -0.495 e. The molecule has 3 heterocycles. The number of aromatic nitrogens is 1. The Morgan fingerprint density at radius 2 is 1.91 bits per heavy atom. The van der Waals surface area contributed by atoms with Gasteiger partial charge in [-0.2, -0.15) is 14.0 Å². The molecule has 9 nitrogen and oxygen atoms in total. The number of hydrogen-bond donors (Lipinski definition) is 1. The van der Waals surface area contributed by atoms with Crippen molar-refractivity contribution in [3.63, 3.8) is 0 Å². The van der Waals surface area contributed by atoms with Crippen molar-refractivity contribution in [3.05, 3.63) is 79.2 Å². The monoisotopic (exact) mass is 681 g/mol. The van der Waals surface area contributed by atoms with Crippen LogP contribution in [0.1, 0.15) is 46.1 Å². The highest BCUT2D eigenvalue weighted by atomic mass is 35.5. The zero-order valence-electron chi connectivity index (χ0n) is 23.3. The van der Waals surface area contributed by atoms with Gasteiger partial charge in [-0.25, -0.2) is 4.79 Å². The number of fused-ring (bicyclic) bond motifs is 1. The molecular formula is C29H24Cl3F2N5O4S. The highest BCUT2D eigenvalue weighted by molar-refractivity contribution is 7.99. The number of benzene rings is 2. The van der Waals surface area contributed by atoms with E-state index in [1.807, 2.05) is 4.98 Å². The quantitative estimate of drug-likeness (QED) is 0.269. The summed E-state index contributed by atoms with van der Waals surface area (Å²) < 4.78 is 33.9. The first-order valence-electron chi connectivity index (χ1n) is 13.2. The van der Waals surface area contributed by atoms with E-state index in [0.29, 0.717) is 35.7 Å². The predicted octanol–water partition coefficient (Wildman–Crippen LogP) is 7.00. The number of nitrogens with zero attached hydrogens (tertiary/aromatic N) is 4. The van der Waals surface area contributed by atoms with Crippen LogP contribution in [-0.4, -0.2) is 54.0 Å². The minimum atomic E-state index is -3.94. The molecule has 0 spiro atoms. The van der Waals surface area contributed by atoms with E-state index < -0.39 is 34.1 Å². The summed E-state index contributed by atoms with van der Waals surface area (Å²) in [5.41, 5.74) is -0.739. The average molecular weight is 683 g/mol. The predicted molar refractivity (Wildman–Crippen MR) is 163 cm³/mol. The highest BCUT2D eigenvalue weighted by Crippen LogP contribution is 2.45. The van der Waals surface area contributed by atoms with Gasteiger partial charge in [-0.1, -0.05) is 41.0 Å². The number of hydrogen-bond acceptors (Lipinski definition) is 6. The summed E-state index contributed by atoms with van der Waals surface area (Å²) in [4.78, 5) is 47.1. The number of amides is 3. The van der Waals surface area contributed by atoms with Crippen LogP contribution in [0.15, 0.2) is 51.0 Å². The summed E-state index contributed by atoms with van der Waals surface area (Å²) in [6.45, 7) is 1.04. The van der Waals surface area contributed by atoms with E-state index in [-0.39, 0.29) is 38.8 Å². The molecule has 1 fully saturated rings. The van der Waals surface area contributed by atoms with E-state index in [0.717, 1.165) is 24.2 Å². The van der Waals surface area contributed by atoms with Gasteiger partial charge >= 0.3 is 11.4 Å². The number of pyridine rings is 1. The summed E-state index contributed by atoms with van der Waals surface area (Å²) in [5.74, 6) is -0.437. The first-order valence-corrected chi connectivity index (χ1v) is 15.2. The molecule has 0 bridgehead atoms. The Morgan fingerprint density at radius 1 is 1.20 bits per heavy atom. The van der Waals surface area contributed by atoms with Crippen LogP contribution in [0.25, 0.3) is 0 Å². The number of H-pyrrole nitrogens is 1. The number of carbonyl (C=O) groups excluding carboxylic acids is 2. The molecule has 230 valence electrons. The largest absolute Gasteiger partial charge is 0.495 e. The lowest BCUT2D eigenvalue weighted by Crippen LogP contribution is -2.47. The van der Waals surface area contributed by atoms with E-state index in [4.69, 9.17) is 39.5 Å². The number of anilines is 1. The number of carbonyl (C=O) groups is 2. The molecule has 2 aliphatic heterocycles. The third kappa shape index (κ3) is 5.94. The lowest BCUT2D eigenvalue weighted by Gasteiger charge is -2.34. The lowest BCUT2D eigenvalue weighted by atomic mass is 10.0. The normalized spacial score (nSPS) is 16.6. The summed E-state index contributed by atoms with van der Waals surface area (Å²) in [6, 6.07) is 10.0. The molecule has 1 aromatic heterocycles. The summed E-state index contributed by atoms with van der Waals surface area (Å²) in [6.07, 6.45) is 0.599. The smallest absolute Gasteiger partial charge is 0.362 e. The first kappa shape index (κ1) is 31.9. The minimum absolute atomic E-state index is 0.0286. The molecule has 0 unspecified atom stereocenters. The van der Waals surface area contributed by atoms with Crippen molar-refractivity contribution in [2.45, 2.75) is 40.6 Å². The van der Waals surface area contributed by atoms with Crippen molar-refractivity contribution in [1.82, 2.24) is 14.8 Å². The number of ether oxygens (including phenoxy) is 1. The number of nitrogens with one attached hydrogen (secondary N) is 1. The van der Waals surface area contributed by atoms with Crippen LogP contribution >= 0.6 is 46.6 Å². The molecule has 44 heavy (non-hydrogen) atoms. The van der Waals surface area contributed by atoms with Gasteiger partial charge < -0.3 is 19.5 Å². The van der Waals surface area contributed by atoms with Gasteiger partial charge in [-0.3, -0.25) is 14.5 Å². The van der Waals surface area contributed by atoms with Crippen molar-refractivity contribution in [2.24, 2.45) is 0 Å². The van der Waals surface area contributed by atoms with Gasteiger partial charge in [0, 0.05) is 36.5 Å². The molecular weight excluding hydrogens is 659 g/mol. The van der Waals surface area contributed by atoms with Gasteiger partial charge in [0.1, 0.15) is 17.0 Å². The van der Waals surface area contributed by atoms with Gasteiger partial charge in [0.15, 0.2) is 0 Å². The Labute approximate surface area is 270 Å². The molecule has 5 rings (SSSR count). The van der Waals surface area contributed by atoms with Crippen molar-refractivity contribution < 1.29 is 23.1 Å². The fourth-order valence-corrected chi connectivity index (χ4v) is 7.06. The lowest BCUT2D eigenvalue weighted by molar-refractivity contribution is 0.0684. The number of urea groups is 1. The van der Waals surface area contributed by atoms with E-state index >= 15 is 0 Å².